The van der Waals surface area contributed by atoms with E-state index in [4.69, 9.17) is 4.74 Å². The van der Waals surface area contributed by atoms with Crippen LogP contribution in [0, 0.1) is 19.8 Å². The molecule has 32 heavy (non-hydrogen) atoms. The molecule has 3 heteroatoms. The summed E-state index contributed by atoms with van der Waals surface area (Å²) in [6.07, 6.45) is 8.64. The van der Waals surface area contributed by atoms with Crippen LogP contribution in [0.1, 0.15) is 67.5 Å². The van der Waals surface area contributed by atoms with E-state index in [-0.39, 0.29) is 11.9 Å². The first-order chi connectivity index (χ1) is 15.5. The van der Waals surface area contributed by atoms with Gasteiger partial charge in [0.25, 0.3) is 0 Å². The SMILES string of the molecule is CC.CC=NC(=C\C)/C(=C\c1ccc2c(c1)CCC(C(=O)OC)C2)c1cccc(C)c1C. The van der Waals surface area contributed by atoms with Gasteiger partial charge in [0.2, 0.25) is 0 Å². The number of carbonyl (C=O) groups excluding carboxylic acids is 1. The van der Waals surface area contributed by atoms with Gasteiger partial charge in [0.15, 0.2) is 0 Å². The van der Waals surface area contributed by atoms with E-state index in [0.717, 1.165) is 36.1 Å². The number of aliphatic imine (C=N–C) groups is 1. The zero-order valence-electron chi connectivity index (χ0n) is 20.7. The van der Waals surface area contributed by atoms with Gasteiger partial charge >= 0.3 is 5.97 Å². The van der Waals surface area contributed by atoms with Crippen LogP contribution < -0.4 is 0 Å². The summed E-state index contributed by atoms with van der Waals surface area (Å²) >= 11 is 0. The highest BCUT2D eigenvalue weighted by Crippen LogP contribution is 2.32. The molecule has 2 aromatic carbocycles. The highest BCUT2D eigenvalue weighted by atomic mass is 16.5. The molecule has 0 radical (unpaired) electrons. The van der Waals surface area contributed by atoms with Crippen molar-refractivity contribution in [2.45, 2.75) is 60.8 Å². The second-order valence-corrected chi connectivity index (χ2v) is 7.86. The van der Waals surface area contributed by atoms with E-state index in [0.29, 0.717) is 0 Å². The topological polar surface area (TPSA) is 38.7 Å². The first-order valence-electron chi connectivity index (χ1n) is 11.6. The van der Waals surface area contributed by atoms with Crippen molar-refractivity contribution in [1.82, 2.24) is 0 Å². The highest BCUT2D eigenvalue weighted by molar-refractivity contribution is 5.93. The van der Waals surface area contributed by atoms with E-state index in [1.165, 1.54) is 34.9 Å². The molecule has 0 aromatic heterocycles. The van der Waals surface area contributed by atoms with Crippen LogP contribution in [-0.4, -0.2) is 19.3 Å². The van der Waals surface area contributed by atoms with Gasteiger partial charge in [-0.05, 0) is 86.4 Å². The number of fused-ring (bicyclic) bond motifs is 1. The predicted molar refractivity (Wildman–Crippen MR) is 137 cm³/mol. The maximum Gasteiger partial charge on any atom is 0.309 e. The van der Waals surface area contributed by atoms with E-state index in [1.807, 2.05) is 33.9 Å². The molecular weight excluding hydrogens is 394 g/mol. The quantitative estimate of drug-likeness (QED) is 0.218. The van der Waals surface area contributed by atoms with Crippen LogP contribution in [0.2, 0.25) is 0 Å². The van der Waals surface area contributed by atoms with Gasteiger partial charge in [-0.3, -0.25) is 9.79 Å². The fourth-order valence-corrected chi connectivity index (χ4v) is 4.17. The molecule has 0 bridgehead atoms. The molecule has 0 heterocycles. The van der Waals surface area contributed by atoms with Crippen molar-refractivity contribution in [2.75, 3.05) is 7.11 Å². The normalized spacial score (nSPS) is 16.3. The Kier molecular flexibility index (Phi) is 9.64. The predicted octanol–water partition coefficient (Wildman–Crippen LogP) is 7.14. The third kappa shape index (κ3) is 5.85. The maximum atomic E-state index is 11.9. The third-order valence-electron chi connectivity index (χ3n) is 6.02. The lowest BCUT2D eigenvalue weighted by Gasteiger charge is -2.23. The zero-order valence-corrected chi connectivity index (χ0v) is 20.7. The van der Waals surface area contributed by atoms with Gasteiger partial charge in [-0.2, -0.15) is 0 Å². The molecule has 1 aliphatic carbocycles. The molecule has 0 spiro atoms. The van der Waals surface area contributed by atoms with Crippen molar-refractivity contribution < 1.29 is 9.53 Å². The molecular formula is C29H37NO2. The number of benzene rings is 2. The summed E-state index contributed by atoms with van der Waals surface area (Å²) in [4.78, 5) is 16.6. The van der Waals surface area contributed by atoms with E-state index < -0.39 is 0 Å². The molecule has 0 saturated carbocycles. The van der Waals surface area contributed by atoms with Gasteiger partial charge in [0.1, 0.15) is 0 Å². The van der Waals surface area contributed by atoms with Crippen molar-refractivity contribution in [3.63, 3.8) is 0 Å². The number of rotatable bonds is 5. The number of carbonyl (C=O) groups is 1. The number of ether oxygens (including phenoxy) is 1. The number of esters is 1. The van der Waals surface area contributed by atoms with Crippen molar-refractivity contribution in [2.24, 2.45) is 10.9 Å². The van der Waals surface area contributed by atoms with Crippen molar-refractivity contribution in [3.05, 3.63) is 81.6 Å². The standard InChI is InChI=1S/C27H31NO2.C2H6/c1-6-26(28-7-2)25(24-10-8-9-18(3)19(24)4)16-20-11-12-22-17-23(27(29)30-5)14-13-21(22)15-20;1-2/h6-12,15-16,23H,13-14,17H2,1-5H3;1-2H3/b25-16-,26-6-,28-7?;. The zero-order chi connectivity index (χ0) is 23.7. The molecule has 0 amide bonds. The van der Waals surface area contributed by atoms with Crippen LogP contribution in [0.4, 0.5) is 0 Å². The second-order valence-electron chi connectivity index (χ2n) is 7.86. The summed E-state index contributed by atoms with van der Waals surface area (Å²) in [7, 11) is 1.47. The van der Waals surface area contributed by atoms with Crippen LogP contribution in [0.5, 0.6) is 0 Å². The summed E-state index contributed by atoms with van der Waals surface area (Å²) in [5.41, 5.74) is 9.57. The van der Waals surface area contributed by atoms with Crippen molar-refractivity contribution >= 4 is 23.8 Å². The average Bonchev–Trinajstić information content (AvgIpc) is 2.83. The Bertz CT molecular complexity index is 1030. The summed E-state index contributed by atoms with van der Waals surface area (Å²) in [5, 5.41) is 0. The number of aryl methyl sites for hydroxylation is 2. The Morgan fingerprint density at radius 2 is 1.84 bits per heavy atom. The van der Waals surface area contributed by atoms with Crippen LogP contribution in [0.15, 0.2) is 53.2 Å². The first kappa shape index (κ1) is 25.3. The monoisotopic (exact) mass is 431 g/mol. The lowest BCUT2D eigenvalue weighted by atomic mass is 9.83. The Morgan fingerprint density at radius 3 is 2.50 bits per heavy atom. The molecule has 1 atom stereocenters. The van der Waals surface area contributed by atoms with E-state index in [2.05, 4.69) is 67.4 Å². The summed E-state index contributed by atoms with van der Waals surface area (Å²) in [5.74, 6) is -0.125. The highest BCUT2D eigenvalue weighted by Gasteiger charge is 2.25. The Balaban J connectivity index is 0.00000176. The summed E-state index contributed by atoms with van der Waals surface area (Å²) in [6.45, 7) is 12.3. The summed E-state index contributed by atoms with van der Waals surface area (Å²) < 4.78 is 4.94. The van der Waals surface area contributed by atoms with Crippen LogP contribution >= 0.6 is 0 Å². The number of hydrogen-bond donors (Lipinski definition) is 0. The molecule has 1 unspecified atom stereocenters. The molecule has 0 saturated heterocycles. The first-order valence-corrected chi connectivity index (χ1v) is 11.6. The van der Waals surface area contributed by atoms with Gasteiger partial charge < -0.3 is 4.74 Å². The largest absolute Gasteiger partial charge is 0.469 e. The molecule has 0 aliphatic heterocycles. The Labute approximate surface area is 193 Å². The van der Waals surface area contributed by atoms with Crippen LogP contribution in [-0.2, 0) is 22.4 Å². The number of hydrogen-bond acceptors (Lipinski definition) is 3. The van der Waals surface area contributed by atoms with Gasteiger partial charge in [-0.15, -0.1) is 0 Å². The van der Waals surface area contributed by atoms with E-state index in [1.54, 1.807) is 0 Å². The van der Waals surface area contributed by atoms with Crippen molar-refractivity contribution in [3.8, 4) is 0 Å². The maximum absolute atomic E-state index is 11.9. The number of methoxy groups -OCH3 is 1. The minimum atomic E-state index is -0.100. The molecule has 3 rings (SSSR count). The molecule has 3 nitrogen and oxygen atoms in total. The van der Waals surface area contributed by atoms with E-state index in [9.17, 15) is 4.79 Å². The van der Waals surface area contributed by atoms with Crippen LogP contribution in [0.3, 0.4) is 0 Å². The van der Waals surface area contributed by atoms with Crippen LogP contribution in [0.25, 0.3) is 11.6 Å². The van der Waals surface area contributed by atoms with Crippen molar-refractivity contribution in [1.29, 1.82) is 0 Å². The Hall–Kier alpha value is -2.94. The van der Waals surface area contributed by atoms with Gasteiger partial charge in [-0.1, -0.05) is 56.3 Å². The fourth-order valence-electron chi connectivity index (χ4n) is 4.17. The minimum absolute atomic E-state index is 0.0251. The fraction of sp³-hybridized carbons (Fsp3) is 0.379. The van der Waals surface area contributed by atoms with Gasteiger partial charge in [0.05, 0.1) is 18.7 Å². The summed E-state index contributed by atoms with van der Waals surface area (Å²) in [6, 6.07) is 13.0. The average molecular weight is 432 g/mol. The molecule has 170 valence electrons. The lowest BCUT2D eigenvalue weighted by molar-refractivity contribution is -0.145. The number of allylic oxidation sites excluding steroid dienone is 2. The minimum Gasteiger partial charge on any atom is -0.469 e. The van der Waals surface area contributed by atoms with Gasteiger partial charge in [0, 0.05) is 11.8 Å². The molecule has 2 aromatic rings. The number of nitrogens with zero attached hydrogens (tertiary/aromatic N) is 1. The second kappa shape index (κ2) is 12.2. The molecule has 0 fully saturated rings. The van der Waals surface area contributed by atoms with Gasteiger partial charge in [-0.25, -0.2) is 0 Å². The third-order valence-corrected chi connectivity index (χ3v) is 6.02. The smallest absolute Gasteiger partial charge is 0.309 e. The van der Waals surface area contributed by atoms with E-state index >= 15 is 0 Å². The molecule has 1 aliphatic rings. The molecule has 0 N–H and O–H groups in total. The Morgan fingerprint density at radius 1 is 1.09 bits per heavy atom. The lowest BCUT2D eigenvalue weighted by Crippen LogP contribution is -2.23.